The van der Waals surface area contributed by atoms with Crippen molar-refractivity contribution in [2.45, 2.75) is 76.8 Å². The van der Waals surface area contributed by atoms with E-state index in [2.05, 4.69) is 37.2 Å². The van der Waals surface area contributed by atoms with Crippen molar-refractivity contribution in [1.29, 1.82) is 0 Å². The zero-order chi connectivity index (χ0) is 19.1. The van der Waals surface area contributed by atoms with E-state index in [0.717, 1.165) is 55.9 Å². The van der Waals surface area contributed by atoms with Gasteiger partial charge in [0, 0.05) is 29.9 Å². The van der Waals surface area contributed by atoms with Gasteiger partial charge < -0.3 is 18.7 Å². The Labute approximate surface area is 166 Å². The number of ether oxygens (including phenoxy) is 3. The number of aromatic nitrogens is 1. The lowest BCUT2D eigenvalue weighted by molar-refractivity contribution is -0.192. The number of hydrogen-bond donors (Lipinski definition) is 0. The maximum atomic E-state index is 6.38. The van der Waals surface area contributed by atoms with Crippen molar-refractivity contribution in [2.75, 3.05) is 13.2 Å². The van der Waals surface area contributed by atoms with Crippen LogP contribution in [0.15, 0.2) is 22.7 Å². The highest BCUT2D eigenvalue weighted by Gasteiger charge is 2.41. The molecule has 0 amide bonds. The molecule has 0 N–H and O–H groups in total. The smallest absolute Gasteiger partial charge is 0.168 e. The zero-order valence-electron chi connectivity index (χ0n) is 16.8. The van der Waals surface area contributed by atoms with E-state index in [0.29, 0.717) is 12.5 Å². The summed E-state index contributed by atoms with van der Waals surface area (Å²) >= 11 is 0. The van der Waals surface area contributed by atoms with E-state index in [1.807, 2.05) is 0 Å². The molecule has 1 spiro atoms. The summed E-state index contributed by atoms with van der Waals surface area (Å²) in [6.07, 6.45) is 6.41. The fraction of sp³-hybridized carbons (Fsp3) is 0.609. The monoisotopic (exact) mass is 383 g/mol. The average molecular weight is 383 g/mol. The van der Waals surface area contributed by atoms with Gasteiger partial charge in [-0.15, -0.1) is 0 Å². The Balaban J connectivity index is 1.34. The average Bonchev–Trinajstić information content (AvgIpc) is 3.30. The summed E-state index contributed by atoms with van der Waals surface area (Å²) < 4.78 is 23.9. The second kappa shape index (κ2) is 7.29. The standard InChI is InChI=1S/C23H29NO4/c1-15-4-3-5-16(2)20(15)21-19(22(28-24-21)17-6-7-17)14-25-18-8-10-23(11-9-18)26-12-13-27-23/h3-5,17-18H,6-14H2,1-2H3. The summed E-state index contributed by atoms with van der Waals surface area (Å²) in [7, 11) is 0. The largest absolute Gasteiger partial charge is 0.373 e. The molecule has 3 fully saturated rings. The van der Waals surface area contributed by atoms with Gasteiger partial charge >= 0.3 is 0 Å². The first-order chi connectivity index (χ1) is 13.7. The van der Waals surface area contributed by atoms with Crippen molar-refractivity contribution in [3.63, 3.8) is 0 Å². The maximum absolute atomic E-state index is 6.38. The summed E-state index contributed by atoms with van der Waals surface area (Å²) in [5, 5.41) is 4.50. The predicted octanol–water partition coefficient (Wildman–Crippen LogP) is 5.04. The number of benzene rings is 1. The highest BCUT2D eigenvalue weighted by molar-refractivity contribution is 5.70. The Morgan fingerprint density at radius 3 is 2.36 bits per heavy atom. The fourth-order valence-corrected chi connectivity index (χ4v) is 4.70. The van der Waals surface area contributed by atoms with E-state index in [4.69, 9.17) is 18.7 Å². The van der Waals surface area contributed by atoms with Crippen LogP contribution in [0, 0.1) is 13.8 Å². The molecule has 5 rings (SSSR count). The lowest BCUT2D eigenvalue weighted by Gasteiger charge is -2.35. The SMILES string of the molecule is Cc1cccc(C)c1-c1noc(C2CC2)c1COC1CCC2(CC1)OCCO2. The van der Waals surface area contributed by atoms with Gasteiger partial charge in [-0.25, -0.2) is 0 Å². The molecule has 2 heterocycles. The van der Waals surface area contributed by atoms with Crippen LogP contribution < -0.4 is 0 Å². The molecular formula is C23H29NO4. The Hall–Kier alpha value is -1.69. The summed E-state index contributed by atoms with van der Waals surface area (Å²) in [5.74, 6) is 1.21. The summed E-state index contributed by atoms with van der Waals surface area (Å²) in [6, 6.07) is 6.37. The van der Waals surface area contributed by atoms with Crippen molar-refractivity contribution >= 4 is 0 Å². The van der Waals surface area contributed by atoms with Gasteiger partial charge in [-0.1, -0.05) is 23.4 Å². The van der Waals surface area contributed by atoms with Gasteiger partial charge in [-0.05, 0) is 50.7 Å². The zero-order valence-corrected chi connectivity index (χ0v) is 16.8. The third-order valence-corrected chi connectivity index (χ3v) is 6.46. The minimum atomic E-state index is -0.334. The van der Waals surface area contributed by atoms with Crippen LogP contribution in [0.3, 0.4) is 0 Å². The van der Waals surface area contributed by atoms with E-state index in [1.165, 1.54) is 29.5 Å². The summed E-state index contributed by atoms with van der Waals surface area (Å²) in [4.78, 5) is 0. The normalized spacial score (nSPS) is 22.2. The first kappa shape index (κ1) is 18.3. The Kier molecular flexibility index (Phi) is 4.77. The van der Waals surface area contributed by atoms with E-state index in [9.17, 15) is 0 Å². The van der Waals surface area contributed by atoms with Crippen LogP contribution >= 0.6 is 0 Å². The minimum Gasteiger partial charge on any atom is -0.373 e. The van der Waals surface area contributed by atoms with E-state index in [-0.39, 0.29) is 11.9 Å². The quantitative estimate of drug-likeness (QED) is 0.724. The van der Waals surface area contributed by atoms with Crippen LogP contribution in [0.4, 0.5) is 0 Å². The molecule has 2 saturated carbocycles. The number of hydrogen-bond acceptors (Lipinski definition) is 5. The molecule has 28 heavy (non-hydrogen) atoms. The second-order valence-electron chi connectivity index (χ2n) is 8.53. The Morgan fingerprint density at radius 2 is 1.71 bits per heavy atom. The highest BCUT2D eigenvalue weighted by Crippen LogP contribution is 2.45. The van der Waals surface area contributed by atoms with Crippen molar-refractivity contribution in [3.05, 3.63) is 40.6 Å². The molecule has 5 heteroatoms. The van der Waals surface area contributed by atoms with Gasteiger partial charge in [0.05, 0.1) is 25.9 Å². The molecule has 0 radical (unpaired) electrons. The molecular weight excluding hydrogens is 354 g/mol. The summed E-state index contributed by atoms with van der Waals surface area (Å²) in [5.41, 5.74) is 5.76. The molecule has 5 nitrogen and oxygen atoms in total. The molecule has 1 aromatic heterocycles. The second-order valence-corrected chi connectivity index (χ2v) is 8.53. The number of aryl methyl sites for hydroxylation is 2. The van der Waals surface area contributed by atoms with Gasteiger partial charge in [-0.2, -0.15) is 0 Å². The molecule has 2 aromatic rings. The molecule has 0 unspecified atom stereocenters. The molecule has 2 aliphatic carbocycles. The highest BCUT2D eigenvalue weighted by atomic mass is 16.7. The fourth-order valence-electron chi connectivity index (χ4n) is 4.70. The number of nitrogens with zero attached hydrogens (tertiary/aromatic N) is 1. The molecule has 150 valence electrons. The first-order valence-electron chi connectivity index (χ1n) is 10.6. The van der Waals surface area contributed by atoms with E-state index in [1.54, 1.807) is 0 Å². The molecule has 1 saturated heterocycles. The van der Waals surface area contributed by atoms with Crippen molar-refractivity contribution in [3.8, 4) is 11.3 Å². The Morgan fingerprint density at radius 1 is 1.04 bits per heavy atom. The minimum absolute atomic E-state index is 0.242. The van der Waals surface area contributed by atoms with Crippen LogP contribution in [0.2, 0.25) is 0 Å². The van der Waals surface area contributed by atoms with Crippen LogP contribution in [-0.2, 0) is 20.8 Å². The van der Waals surface area contributed by atoms with Gasteiger partial charge in [0.25, 0.3) is 0 Å². The van der Waals surface area contributed by atoms with Gasteiger partial charge in [0.1, 0.15) is 11.5 Å². The summed E-state index contributed by atoms with van der Waals surface area (Å²) in [6.45, 7) is 6.28. The maximum Gasteiger partial charge on any atom is 0.168 e. The molecule has 0 bridgehead atoms. The Bertz CT molecular complexity index is 818. The van der Waals surface area contributed by atoms with Crippen molar-refractivity contribution in [2.24, 2.45) is 0 Å². The molecule has 1 aliphatic heterocycles. The van der Waals surface area contributed by atoms with Gasteiger partial charge in [0.2, 0.25) is 0 Å². The van der Waals surface area contributed by atoms with Crippen molar-refractivity contribution in [1.82, 2.24) is 5.16 Å². The van der Waals surface area contributed by atoms with Gasteiger partial charge in [-0.3, -0.25) is 0 Å². The predicted molar refractivity (Wildman–Crippen MR) is 105 cm³/mol. The first-order valence-corrected chi connectivity index (χ1v) is 10.6. The molecule has 3 aliphatic rings. The van der Waals surface area contributed by atoms with E-state index < -0.39 is 0 Å². The molecule has 0 atom stereocenters. The molecule has 1 aromatic carbocycles. The van der Waals surface area contributed by atoms with E-state index >= 15 is 0 Å². The van der Waals surface area contributed by atoms with Crippen LogP contribution in [-0.4, -0.2) is 30.3 Å². The third-order valence-electron chi connectivity index (χ3n) is 6.46. The van der Waals surface area contributed by atoms with Gasteiger partial charge in [0.15, 0.2) is 5.79 Å². The number of rotatable bonds is 5. The van der Waals surface area contributed by atoms with Crippen LogP contribution in [0.5, 0.6) is 0 Å². The van der Waals surface area contributed by atoms with Crippen LogP contribution in [0.25, 0.3) is 11.3 Å². The topological polar surface area (TPSA) is 53.7 Å². The lowest BCUT2D eigenvalue weighted by Crippen LogP contribution is -2.37. The lowest BCUT2D eigenvalue weighted by atomic mass is 9.91. The third kappa shape index (κ3) is 3.40. The van der Waals surface area contributed by atoms with Crippen LogP contribution in [0.1, 0.15) is 66.9 Å². The van der Waals surface area contributed by atoms with Crippen molar-refractivity contribution < 1.29 is 18.7 Å².